The predicted octanol–water partition coefficient (Wildman–Crippen LogP) is 0.374. The van der Waals surface area contributed by atoms with E-state index in [1.54, 1.807) is 7.05 Å². The van der Waals surface area contributed by atoms with Crippen LogP contribution >= 0.6 is 0 Å². The summed E-state index contributed by atoms with van der Waals surface area (Å²) in [5.74, 6) is 0.114. The van der Waals surface area contributed by atoms with Gasteiger partial charge < -0.3 is 0 Å². The van der Waals surface area contributed by atoms with Crippen LogP contribution in [0.4, 0.5) is 0 Å². The fraction of sp³-hybridized carbons (Fsp3) is 0.222. The summed E-state index contributed by atoms with van der Waals surface area (Å²) in [5.41, 5.74) is 1.11. The summed E-state index contributed by atoms with van der Waals surface area (Å²) in [6, 6.07) is 9.86. The molecular weight excluding hydrogens is 257 g/mol. The van der Waals surface area contributed by atoms with E-state index in [9.17, 15) is 4.79 Å². The van der Waals surface area contributed by atoms with Crippen LogP contribution in [-0.2, 0) is 4.79 Å². The molecule has 62 valence electrons. The molecule has 0 heterocycles. The third-order valence-corrected chi connectivity index (χ3v) is 3.65. The topological polar surface area (TPSA) is 29.1 Å². The van der Waals surface area contributed by atoms with Crippen LogP contribution in [0.5, 0.6) is 0 Å². The van der Waals surface area contributed by atoms with E-state index < -0.39 is 0 Å². The van der Waals surface area contributed by atoms with Crippen LogP contribution in [0.25, 0.3) is 0 Å². The van der Waals surface area contributed by atoms with Crippen molar-refractivity contribution in [1.29, 1.82) is 0 Å². The molecule has 2 nitrogen and oxygen atoms in total. The first-order chi connectivity index (χ1) is 5.75. The molecule has 1 aromatic carbocycles. The van der Waals surface area contributed by atoms with E-state index in [2.05, 4.69) is 5.32 Å². The third-order valence-electron chi connectivity index (χ3n) is 1.69. The van der Waals surface area contributed by atoms with Gasteiger partial charge in [0.05, 0.1) is 0 Å². The first-order valence-electron chi connectivity index (χ1n) is 3.78. The van der Waals surface area contributed by atoms with E-state index in [0.717, 1.165) is 28.1 Å². The Morgan fingerprint density at radius 2 is 2.00 bits per heavy atom. The zero-order valence-electron chi connectivity index (χ0n) is 6.95. The Morgan fingerprint density at radius 1 is 1.42 bits per heavy atom. The molecule has 1 atom stereocenters. The number of nitrogens with one attached hydrogen (secondary N) is 1. The number of hydrogen-bond donors (Lipinski definition) is 1. The van der Waals surface area contributed by atoms with Gasteiger partial charge in [0.25, 0.3) is 0 Å². The molecule has 0 saturated heterocycles. The number of likely N-dealkylation sites (N-methyl/N-ethyl adjacent to an activating group) is 1. The molecule has 1 rings (SSSR count). The molecule has 0 aliphatic heterocycles. The minimum atomic E-state index is 0.0709. The van der Waals surface area contributed by atoms with Gasteiger partial charge in [0, 0.05) is 0 Å². The van der Waals surface area contributed by atoms with Gasteiger partial charge in [-0.05, 0) is 0 Å². The molecule has 0 bridgehead atoms. The Labute approximate surface area is 85.4 Å². The van der Waals surface area contributed by atoms with Crippen LogP contribution in [0.15, 0.2) is 30.3 Å². The van der Waals surface area contributed by atoms with Gasteiger partial charge in [0.2, 0.25) is 0 Å². The molecule has 0 saturated carbocycles. The normalized spacial score (nSPS) is 12.2. The van der Waals surface area contributed by atoms with Crippen molar-refractivity contribution < 1.29 is 4.79 Å². The van der Waals surface area contributed by atoms with Crippen LogP contribution < -0.4 is 5.32 Å². The minimum absolute atomic E-state index is 0.0709. The Balaban J connectivity index is 2.78. The molecule has 3 heteroatoms. The van der Waals surface area contributed by atoms with Crippen LogP contribution in [0.1, 0.15) is 9.50 Å². The summed E-state index contributed by atoms with van der Waals surface area (Å²) in [4.78, 5) is 11.2. The summed E-state index contributed by atoms with van der Waals surface area (Å²) in [6.45, 7) is 0. The first kappa shape index (κ1) is 9.58. The molecular formula is C9H11NOSn. The van der Waals surface area contributed by atoms with Gasteiger partial charge in [0.1, 0.15) is 0 Å². The first-order valence-corrected chi connectivity index (χ1v) is 5.68. The molecule has 1 unspecified atom stereocenters. The zero-order valence-corrected chi connectivity index (χ0v) is 10.2. The van der Waals surface area contributed by atoms with E-state index >= 15 is 0 Å². The van der Waals surface area contributed by atoms with Gasteiger partial charge in [-0.15, -0.1) is 0 Å². The molecule has 12 heavy (non-hydrogen) atoms. The van der Waals surface area contributed by atoms with Crippen molar-refractivity contribution in [3.8, 4) is 0 Å². The molecule has 0 aliphatic rings. The van der Waals surface area contributed by atoms with Crippen LogP contribution in [0, 0.1) is 0 Å². The van der Waals surface area contributed by atoms with Gasteiger partial charge in [-0.25, -0.2) is 0 Å². The number of amides is 1. The van der Waals surface area contributed by atoms with E-state index in [1.807, 2.05) is 30.3 Å². The molecule has 1 aromatic rings. The van der Waals surface area contributed by atoms with Gasteiger partial charge in [0.15, 0.2) is 0 Å². The van der Waals surface area contributed by atoms with E-state index in [-0.39, 0.29) is 9.84 Å². The Kier molecular flexibility index (Phi) is 3.59. The Bertz CT molecular complexity index is 260. The molecule has 2 radical (unpaired) electrons. The standard InChI is InChI=1S/C9H10NO.Sn.H/c1-10-9(11)7-8-5-3-2-4-6-8;;/h2-7H,1H3,(H,10,11);;. The zero-order chi connectivity index (χ0) is 8.97. The summed E-state index contributed by atoms with van der Waals surface area (Å²) < 4.78 is 0.0709. The molecule has 0 aromatic heterocycles. The average molecular weight is 268 g/mol. The average Bonchev–Trinajstić information content (AvgIpc) is 2.17. The molecule has 1 N–H and O–H groups in total. The van der Waals surface area contributed by atoms with Crippen molar-refractivity contribution in [2.45, 2.75) is 3.93 Å². The SMILES string of the molecule is CNC(=O)[CH]([SnH])c1ccccc1. The Hall–Kier alpha value is -0.511. The van der Waals surface area contributed by atoms with Gasteiger partial charge in [-0.2, -0.15) is 0 Å². The summed E-state index contributed by atoms with van der Waals surface area (Å²) >= 11 is 0.925. The monoisotopic (exact) mass is 269 g/mol. The number of rotatable bonds is 2. The number of carbonyl (C=O) groups excluding carboxylic acids is 1. The quantitative estimate of drug-likeness (QED) is 0.771. The molecule has 0 aliphatic carbocycles. The van der Waals surface area contributed by atoms with Gasteiger partial charge in [-0.3, -0.25) is 0 Å². The van der Waals surface area contributed by atoms with Crippen molar-refractivity contribution in [2.24, 2.45) is 0 Å². The summed E-state index contributed by atoms with van der Waals surface area (Å²) in [5, 5.41) is 2.66. The summed E-state index contributed by atoms with van der Waals surface area (Å²) in [6.07, 6.45) is 0. The number of benzene rings is 1. The van der Waals surface area contributed by atoms with Crippen molar-refractivity contribution in [2.75, 3.05) is 7.05 Å². The van der Waals surface area contributed by atoms with Crippen molar-refractivity contribution in [3.63, 3.8) is 0 Å². The van der Waals surface area contributed by atoms with Gasteiger partial charge >= 0.3 is 85.4 Å². The van der Waals surface area contributed by atoms with Gasteiger partial charge in [-0.1, -0.05) is 0 Å². The predicted molar refractivity (Wildman–Crippen MR) is 50.4 cm³/mol. The molecule has 0 spiro atoms. The summed E-state index contributed by atoms with van der Waals surface area (Å²) in [7, 11) is 1.68. The fourth-order valence-corrected chi connectivity index (χ4v) is 2.08. The second-order valence-electron chi connectivity index (χ2n) is 2.50. The maximum absolute atomic E-state index is 11.2. The van der Waals surface area contributed by atoms with Crippen LogP contribution in [0.3, 0.4) is 0 Å². The fourth-order valence-electron chi connectivity index (χ4n) is 0.967. The molecule has 0 fully saturated rings. The van der Waals surface area contributed by atoms with E-state index in [1.165, 1.54) is 0 Å². The Morgan fingerprint density at radius 3 is 2.50 bits per heavy atom. The second-order valence-corrected chi connectivity index (χ2v) is 4.41. The number of carbonyl (C=O) groups is 1. The number of hydrogen-bond acceptors (Lipinski definition) is 1. The second kappa shape index (κ2) is 4.50. The molecule has 1 amide bonds. The van der Waals surface area contributed by atoms with E-state index in [0.29, 0.717) is 0 Å². The van der Waals surface area contributed by atoms with Crippen LogP contribution in [-0.4, -0.2) is 35.5 Å². The van der Waals surface area contributed by atoms with E-state index in [4.69, 9.17) is 0 Å². The van der Waals surface area contributed by atoms with Crippen molar-refractivity contribution in [3.05, 3.63) is 35.9 Å². The van der Waals surface area contributed by atoms with Crippen LogP contribution in [0.2, 0.25) is 0 Å². The van der Waals surface area contributed by atoms with Crippen molar-refractivity contribution >= 4 is 28.4 Å². The van der Waals surface area contributed by atoms with Crippen molar-refractivity contribution in [1.82, 2.24) is 5.32 Å². The third kappa shape index (κ3) is 2.24. The maximum atomic E-state index is 11.2.